The maximum atomic E-state index is 11.8. The average molecular weight is 355 g/mol. The standard InChI is InChI=1S/C22H29NO3/c1-17-10-4-7-13-19(3)23-22(26)15-9-6-12-18(2)16-21(25)20(24)14-8-5-11-17/h4-12,14-16,19-21,24-25H,13H2,1-3H3,(H,23,26)/b7-4+,11-5+,12-6+,14-8-,15-9+,17-10+,18-16+/t19-,20-,21+/m0/s1. The molecule has 0 bridgehead atoms. The highest BCUT2D eigenvalue weighted by molar-refractivity contribution is 5.87. The van der Waals surface area contributed by atoms with Crippen LogP contribution in [0.2, 0.25) is 0 Å². The van der Waals surface area contributed by atoms with Crippen molar-refractivity contribution >= 4 is 5.91 Å². The lowest BCUT2D eigenvalue weighted by atomic mass is 10.1. The summed E-state index contributed by atoms with van der Waals surface area (Å²) in [6, 6.07) is 0.0448. The molecule has 0 saturated carbocycles. The Morgan fingerprint density at radius 1 is 0.923 bits per heavy atom. The molecule has 1 amide bonds. The number of allylic oxidation sites excluding steroid dienone is 10. The van der Waals surface area contributed by atoms with E-state index in [1.54, 1.807) is 36.5 Å². The van der Waals surface area contributed by atoms with Crippen LogP contribution in [0, 0.1) is 0 Å². The quantitative estimate of drug-likeness (QED) is 0.624. The van der Waals surface area contributed by atoms with Gasteiger partial charge in [0.05, 0.1) is 0 Å². The van der Waals surface area contributed by atoms with Gasteiger partial charge in [0.2, 0.25) is 5.91 Å². The molecule has 0 unspecified atom stereocenters. The van der Waals surface area contributed by atoms with E-state index in [0.29, 0.717) is 0 Å². The van der Waals surface area contributed by atoms with Gasteiger partial charge in [0.25, 0.3) is 0 Å². The van der Waals surface area contributed by atoms with E-state index < -0.39 is 12.2 Å². The molecule has 0 aliphatic carbocycles. The highest BCUT2D eigenvalue weighted by atomic mass is 16.3. The van der Waals surface area contributed by atoms with Crippen molar-refractivity contribution in [1.29, 1.82) is 0 Å². The average Bonchev–Trinajstić information content (AvgIpc) is 2.58. The maximum Gasteiger partial charge on any atom is 0.244 e. The lowest BCUT2D eigenvalue weighted by Crippen LogP contribution is -2.30. The molecule has 0 spiro atoms. The molecule has 140 valence electrons. The van der Waals surface area contributed by atoms with E-state index in [0.717, 1.165) is 17.6 Å². The smallest absolute Gasteiger partial charge is 0.244 e. The molecule has 1 rings (SSSR count). The van der Waals surface area contributed by atoms with Gasteiger partial charge in [-0.1, -0.05) is 78.0 Å². The number of carbonyl (C=O) groups excluding carboxylic acids is 1. The topological polar surface area (TPSA) is 69.6 Å². The van der Waals surface area contributed by atoms with E-state index >= 15 is 0 Å². The van der Waals surface area contributed by atoms with E-state index in [9.17, 15) is 15.0 Å². The van der Waals surface area contributed by atoms with Crippen molar-refractivity contribution < 1.29 is 15.0 Å². The van der Waals surface area contributed by atoms with E-state index in [-0.39, 0.29) is 11.9 Å². The number of amides is 1. The zero-order chi connectivity index (χ0) is 19.4. The van der Waals surface area contributed by atoms with E-state index in [1.807, 2.05) is 51.2 Å². The van der Waals surface area contributed by atoms with Crippen LogP contribution < -0.4 is 5.32 Å². The van der Waals surface area contributed by atoms with Gasteiger partial charge in [-0.25, -0.2) is 0 Å². The summed E-state index contributed by atoms with van der Waals surface area (Å²) in [5.74, 6) is -0.151. The van der Waals surface area contributed by atoms with Crippen LogP contribution in [-0.4, -0.2) is 34.4 Å². The van der Waals surface area contributed by atoms with Crippen LogP contribution in [-0.2, 0) is 4.79 Å². The van der Waals surface area contributed by atoms with Crippen molar-refractivity contribution in [2.45, 2.75) is 45.4 Å². The van der Waals surface area contributed by atoms with Gasteiger partial charge in [-0.2, -0.15) is 0 Å². The molecule has 3 N–H and O–H groups in total. The number of hydrogen-bond donors (Lipinski definition) is 3. The number of aliphatic hydroxyl groups excluding tert-OH is 2. The highest BCUT2D eigenvalue weighted by Gasteiger charge is 2.09. The molecule has 4 nitrogen and oxygen atoms in total. The molecule has 0 radical (unpaired) electrons. The minimum absolute atomic E-state index is 0.0448. The molecule has 1 aliphatic heterocycles. The first-order chi connectivity index (χ1) is 12.4. The molecule has 0 saturated heterocycles. The molecule has 1 heterocycles. The fourth-order valence-corrected chi connectivity index (χ4v) is 2.18. The first kappa shape index (κ1) is 21.6. The Morgan fingerprint density at radius 2 is 1.58 bits per heavy atom. The summed E-state index contributed by atoms with van der Waals surface area (Å²) < 4.78 is 0. The second kappa shape index (κ2) is 12.0. The summed E-state index contributed by atoms with van der Waals surface area (Å²) in [4.78, 5) is 11.8. The van der Waals surface area contributed by atoms with Gasteiger partial charge in [0.15, 0.2) is 0 Å². The van der Waals surface area contributed by atoms with Crippen LogP contribution in [0.25, 0.3) is 0 Å². The Morgan fingerprint density at radius 3 is 2.35 bits per heavy atom. The molecule has 4 heteroatoms. The van der Waals surface area contributed by atoms with Crippen molar-refractivity contribution in [3.63, 3.8) is 0 Å². The molecule has 0 fully saturated rings. The number of hydrogen-bond acceptors (Lipinski definition) is 3. The predicted octanol–water partition coefficient (Wildman–Crippen LogP) is 3.29. The van der Waals surface area contributed by atoms with Crippen LogP contribution in [0.1, 0.15) is 27.2 Å². The highest BCUT2D eigenvalue weighted by Crippen LogP contribution is 2.05. The largest absolute Gasteiger partial charge is 0.386 e. The van der Waals surface area contributed by atoms with Crippen molar-refractivity contribution in [3.05, 3.63) is 84.1 Å². The van der Waals surface area contributed by atoms with E-state index in [1.165, 1.54) is 6.08 Å². The van der Waals surface area contributed by atoms with E-state index in [2.05, 4.69) is 5.32 Å². The third-order valence-electron chi connectivity index (χ3n) is 3.65. The molecule has 0 aromatic carbocycles. The summed E-state index contributed by atoms with van der Waals surface area (Å²) in [5, 5.41) is 22.8. The predicted molar refractivity (Wildman–Crippen MR) is 107 cm³/mol. The van der Waals surface area contributed by atoms with Gasteiger partial charge in [-0.3, -0.25) is 4.79 Å². The van der Waals surface area contributed by atoms with Crippen LogP contribution in [0.5, 0.6) is 0 Å². The number of nitrogens with one attached hydrogen (secondary N) is 1. The van der Waals surface area contributed by atoms with Gasteiger partial charge in [-0.15, -0.1) is 0 Å². The second-order valence-corrected chi connectivity index (χ2v) is 6.34. The number of rotatable bonds is 0. The van der Waals surface area contributed by atoms with Crippen molar-refractivity contribution in [1.82, 2.24) is 5.32 Å². The Bertz CT molecular complexity index is 663. The van der Waals surface area contributed by atoms with Crippen LogP contribution in [0.3, 0.4) is 0 Å². The number of carbonyl (C=O) groups is 1. The zero-order valence-electron chi connectivity index (χ0n) is 15.7. The first-order valence-corrected chi connectivity index (χ1v) is 8.76. The van der Waals surface area contributed by atoms with Gasteiger partial charge in [-0.05, 0) is 27.2 Å². The Labute approximate surface area is 156 Å². The zero-order valence-corrected chi connectivity index (χ0v) is 15.7. The SMILES string of the molecule is CC1=C\C=C\C[C@H](C)NC(=O)/C=C/C=C/C(C)=C/[C@@H](O)[C@@H](O)/C=C\C=C\1. The summed E-state index contributed by atoms with van der Waals surface area (Å²) in [6.07, 6.45) is 19.9. The van der Waals surface area contributed by atoms with Gasteiger partial charge in [0.1, 0.15) is 12.2 Å². The normalized spacial score (nSPS) is 36.3. The summed E-state index contributed by atoms with van der Waals surface area (Å²) in [5.41, 5.74) is 1.84. The van der Waals surface area contributed by atoms with Crippen LogP contribution >= 0.6 is 0 Å². The first-order valence-electron chi connectivity index (χ1n) is 8.76. The van der Waals surface area contributed by atoms with Gasteiger partial charge < -0.3 is 15.5 Å². The van der Waals surface area contributed by atoms with Crippen molar-refractivity contribution in [3.8, 4) is 0 Å². The minimum atomic E-state index is -0.998. The van der Waals surface area contributed by atoms with E-state index in [4.69, 9.17) is 0 Å². The summed E-state index contributed by atoms with van der Waals surface area (Å²) >= 11 is 0. The molecular weight excluding hydrogens is 326 g/mol. The fraction of sp³-hybridized carbons (Fsp3) is 0.318. The van der Waals surface area contributed by atoms with Crippen LogP contribution in [0.15, 0.2) is 84.1 Å². The molecule has 26 heavy (non-hydrogen) atoms. The van der Waals surface area contributed by atoms with Crippen LogP contribution in [0.4, 0.5) is 0 Å². The summed E-state index contributed by atoms with van der Waals surface area (Å²) in [7, 11) is 0. The monoisotopic (exact) mass is 355 g/mol. The third-order valence-corrected chi connectivity index (χ3v) is 3.65. The molecule has 0 aromatic rings. The molecule has 3 atom stereocenters. The van der Waals surface area contributed by atoms with Gasteiger partial charge in [0, 0.05) is 12.1 Å². The lowest BCUT2D eigenvalue weighted by Gasteiger charge is -2.10. The number of aliphatic hydroxyl groups is 2. The Hall–Kier alpha value is -2.43. The molecule has 1 aliphatic rings. The minimum Gasteiger partial charge on any atom is -0.386 e. The summed E-state index contributed by atoms with van der Waals surface area (Å²) in [6.45, 7) is 5.75. The fourth-order valence-electron chi connectivity index (χ4n) is 2.18. The Kier molecular flexibility index (Phi) is 9.98. The molecular formula is C22H29NO3. The third kappa shape index (κ3) is 9.77. The second-order valence-electron chi connectivity index (χ2n) is 6.34. The van der Waals surface area contributed by atoms with Crippen molar-refractivity contribution in [2.24, 2.45) is 0 Å². The maximum absolute atomic E-state index is 11.8. The Balaban J connectivity index is 2.96. The van der Waals surface area contributed by atoms with Gasteiger partial charge >= 0.3 is 0 Å². The lowest BCUT2D eigenvalue weighted by molar-refractivity contribution is -0.117. The van der Waals surface area contributed by atoms with Crippen molar-refractivity contribution in [2.75, 3.05) is 0 Å². The molecule has 0 aromatic heterocycles.